The van der Waals surface area contributed by atoms with Gasteiger partial charge in [-0.05, 0) is 6.42 Å². The Hall–Kier alpha value is -0.610. The van der Waals surface area contributed by atoms with Gasteiger partial charge in [0.05, 0.1) is 6.61 Å². The number of hydrogen-bond donors (Lipinski definition) is 1. The first-order valence-corrected chi connectivity index (χ1v) is 6.14. The van der Waals surface area contributed by atoms with Crippen molar-refractivity contribution in [2.45, 2.75) is 27.2 Å². The van der Waals surface area contributed by atoms with E-state index in [0.717, 1.165) is 39.1 Å². The highest BCUT2D eigenvalue weighted by Crippen LogP contribution is 2.23. The SMILES string of the molecule is CCC(C)(C)C(=O)N1CCN(CCO)CC1. The molecule has 1 N–H and O–H groups in total. The lowest BCUT2D eigenvalue weighted by Gasteiger charge is -2.38. The highest BCUT2D eigenvalue weighted by molar-refractivity contribution is 5.82. The van der Waals surface area contributed by atoms with Crippen LogP contribution >= 0.6 is 0 Å². The molecule has 1 amide bonds. The lowest BCUT2D eigenvalue weighted by atomic mass is 9.88. The first-order valence-electron chi connectivity index (χ1n) is 6.14. The summed E-state index contributed by atoms with van der Waals surface area (Å²) in [7, 11) is 0. The summed E-state index contributed by atoms with van der Waals surface area (Å²) in [5.74, 6) is 0.263. The van der Waals surface area contributed by atoms with E-state index in [-0.39, 0.29) is 17.9 Å². The Bertz CT molecular complexity index is 233. The van der Waals surface area contributed by atoms with Gasteiger partial charge in [-0.2, -0.15) is 0 Å². The standard InChI is InChI=1S/C12H24N2O2/c1-4-12(2,3)11(16)14-7-5-13(6-8-14)9-10-15/h15H,4-10H2,1-3H3. The Morgan fingerprint density at radius 2 is 1.81 bits per heavy atom. The van der Waals surface area contributed by atoms with Crippen LogP contribution in [-0.2, 0) is 4.79 Å². The van der Waals surface area contributed by atoms with Gasteiger partial charge in [0.25, 0.3) is 0 Å². The predicted molar refractivity (Wildman–Crippen MR) is 64.2 cm³/mol. The summed E-state index contributed by atoms with van der Waals surface area (Å²) in [6.07, 6.45) is 0.878. The summed E-state index contributed by atoms with van der Waals surface area (Å²) in [5.41, 5.74) is -0.237. The summed E-state index contributed by atoms with van der Waals surface area (Å²) >= 11 is 0. The molecule has 94 valence electrons. The van der Waals surface area contributed by atoms with E-state index in [1.807, 2.05) is 18.7 Å². The van der Waals surface area contributed by atoms with Crippen molar-refractivity contribution >= 4 is 5.91 Å². The molecule has 0 saturated carbocycles. The normalized spacial score (nSPS) is 18.9. The second-order valence-corrected chi connectivity index (χ2v) is 5.09. The van der Waals surface area contributed by atoms with Gasteiger partial charge in [0.2, 0.25) is 5.91 Å². The van der Waals surface area contributed by atoms with Crippen LogP contribution < -0.4 is 0 Å². The van der Waals surface area contributed by atoms with Crippen molar-refractivity contribution < 1.29 is 9.90 Å². The second-order valence-electron chi connectivity index (χ2n) is 5.09. The molecule has 0 aliphatic carbocycles. The van der Waals surface area contributed by atoms with Crippen molar-refractivity contribution in [2.75, 3.05) is 39.3 Å². The number of carbonyl (C=O) groups is 1. The summed E-state index contributed by atoms with van der Waals surface area (Å²) < 4.78 is 0. The van der Waals surface area contributed by atoms with E-state index in [2.05, 4.69) is 11.8 Å². The molecule has 4 heteroatoms. The number of rotatable bonds is 4. The molecule has 1 saturated heterocycles. The van der Waals surface area contributed by atoms with Crippen molar-refractivity contribution in [3.63, 3.8) is 0 Å². The molecule has 1 fully saturated rings. The number of nitrogens with zero attached hydrogens (tertiary/aromatic N) is 2. The van der Waals surface area contributed by atoms with Gasteiger partial charge in [0, 0.05) is 38.1 Å². The van der Waals surface area contributed by atoms with E-state index in [1.165, 1.54) is 0 Å². The number of aliphatic hydroxyl groups is 1. The maximum absolute atomic E-state index is 12.2. The number of piperazine rings is 1. The molecule has 0 unspecified atom stereocenters. The summed E-state index contributed by atoms with van der Waals surface area (Å²) in [6, 6.07) is 0. The molecule has 1 aliphatic heterocycles. The minimum absolute atomic E-state index is 0.203. The number of carbonyl (C=O) groups excluding carboxylic acids is 1. The van der Waals surface area contributed by atoms with Crippen molar-refractivity contribution in [2.24, 2.45) is 5.41 Å². The maximum atomic E-state index is 12.2. The average Bonchev–Trinajstić information content (AvgIpc) is 2.29. The quantitative estimate of drug-likeness (QED) is 0.764. The van der Waals surface area contributed by atoms with Gasteiger partial charge in [-0.25, -0.2) is 0 Å². The highest BCUT2D eigenvalue weighted by Gasteiger charge is 2.31. The maximum Gasteiger partial charge on any atom is 0.228 e. The molecule has 0 aromatic rings. The molecule has 0 aromatic heterocycles. The lowest BCUT2D eigenvalue weighted by Crippen LogP contribution is -2.52. The minimum Gasteiger partial charge on any atom is -0.395 e. The number of aliphatic hydroxyl groups excluding tert-OH is 1. The molecular formula is C12H24N2O2. The molecule has 4 nitrogen and oxygen atoms in total. The fraction of sp³-hybridized carbons (Fsp3) is 0.917. The summed E-state index contributed by atoms with van der Waals surface area (Å²) in [4.78, 5) is 16.3. The van der Waals surface area contributed by atoms with Crippen LogP contribution in [0.4, 0.5) is 0 Å². The van der Waals surface area contributed by atoms with Crippen LogP contribution in [0.25, 0.3) is 0 Å². The van der Waals surface area contributed by atoms with Gasteiger partial charge in [0.15, 0.2) is 0 Å². The van der Waals surface area contributed by atoms with E-state index in [1.54, 1.807) is 0 Å². The summed E-state index contributed by atoms with van der Waals surface area (Å²) in [5, 5.41) is 8.84. The smallest absolute Gasteiger partial charge is 0.228 e. The molecule has 1 heterocycles. The van der Waals surface area contributed by atoms with Crippen molar-refractivity contribution in [1.82, 2.24) is 9.80 Å². The van der Waals surface area contributed by atoms with Crippen LogP contribution in [0.5, 0.6) is 0 Å². The van der Waals surface area contributed by atoms with Crippen LogP contribution in [0.3, 0.4) is 0 Å². The minimum atomic E-state index is -0.237. The van der Waals surface area contributed by atoms with Crippen molar-refractivity contribution in [3.05, 3.63) is 0 Å². The van der Waals surface area contributed by atoms with E-state index >= 15 is 0 Å². The summed E-state index contributed by atoms with van der Waals surface area (Å²) in [6.45, 7) is 10.3. The van der Waals surface area contributed by atoms with Crippen LogP contribution in [0.15, 0.2) is 0 Å². The molecule has 1 rings (SSSR count). The molecule has 0 aromatic carbocycles. The molecular weight excluding hydrogens is 204 g/mol. The van der Waals surface area contributed by atoms with Crippen LogP contribution in [0.2, 0.25) is 0 Å². The fourth-order valence-corrected chi connectivity index (χ4v) is 1.90. The lowest BCUT2D eigenvalue weighted by molar-refractivity contribution is -0.142. The largest absolute Gasteiger partial charge is 0.395 e. The third-order valence-corrected chi connectivity index (χ3v) is 3.54. The van der Waals surface area contributed by atoms with Gasteiger partial charge in [-0.3, -0.25) is 9.69 Å². The third kappa shape index (κ3) is 3.19. The monoisotopic (exact) mass is 228 g/mol. The number of β-amino-alcohol motifs (C(OH)–C–C–N with tert-alkyl or cyclic N) is 1. The van der Waals surface area contributed by atoms with Gasteiger partial charge < -0.3 is 10.0 Å². The predicted octanol–water partition coefficient (Wildman–Crippen LogP) is 0.559. The average molecular weight is 228 g/mol. The Balaban J connectivity index is 2.45. The zero-order valence-electron chi connectivity index (χ0n) is 10.7. The van der Waals surface area contributed by atoms with Crippen LogP contribution in [0.1, 0.15) is 27.2 Å². The highest BCUT2D eigenvalue weighted by atomic mass is 16.3. The number of amides is 1. The Labute approximate surface area is 98.2 Å². The fourth-order valence-electron chi connectivity index (χ4n) is 1.90. The molecule has 0 atom stereocenters. The molecule has 16 heavy (non-hydrogen) atoms. The van der Waals surface area contributed by atoms with E-state index in [9.17, 15) is 4.79 Å². The van der Waals surface area contributed by atoms with E-state index in [4.69, 9.17) is 5.11 Å². The molecule has 0 spiro atoms. The van der Waals surface area contributed by atoms with Gasteiger partial charge in [-0.15, -0.1) is 0 Å². The van der Waals surface area contributed by atoms with Gasteiger partial charge in [-0.1, -0.05) is 20.8 Å². The van der Waals surface area contributed by atoms with Crippen LogP contribution in [-0.4, -0.2) is 60.1 Å². The Morgan fingerprint density at radius 3 is 2.25 bits per heavy atom. The van der Waals surface area contributed by atoms with E-state index < -0.39 is 0 Å². The van der Waals surface area contributed by atoms with Gasteiger partial charge in [0.1, 0.15) is 0 Å². The topological polar surface area (TPSA) is 43.8 Å². The van der Waals surface area contributed by atoms with Crippen molar-refractivity contribution in [3.8, 4) is 0 Å². The number of hydrogen-bond acceptors (Lipinski definition) is 3. The third-order valence-electron chi connectivity index (χ3n) is 3.54. The zero-order chi connectivity index (χ0) is 12.2. The molecule has 0 bridgehead atoms. The van der Waals surface area contributed by atoms with Crippen LogP contribution in [0, 0.1) is 5.41 Å². The van der Waals surface area contributed by atoms with E-state index in [0.29, 0.717) is 0 Å². The Kier molecular flexibility index (Phi) is 4.74. The second kappa shape index (κ2) is 5.64. The molecule has 0 radical (unpaired) electrons. The first-order chi connectivity index (χ1) is 7.51. The Morgan fingerprint density at radius 1 is 1.25 bits per heavy atom. The zero-order valence-corrected chi connectivity index (χ0v) is 10.7. The first kappa shape index (κ1) is 13.5. The molecule has 1 aliphatic rings. The van der Waals surface area contributed by atoms with Gasteiger partial charge >= 0.3 is 0 Å². The van der Waals surface area contributed by atoms with Crippen molar-refractivity contribution in [1.29, 1.82) is 0 Å².